The minimum absolute atomic E-state index is 0.000747. The molecular weight excluding hydrogens is 345 g/mol. The molecule has 0 aromatic heterocycles. The zero-order chi connectivity index (χ0) is 17.8. The normalized spacial score (nSPS) is 18.5. The molecule has 0 saturated carbocycles. The van der Waals surface area contributed by atoms with Crippen molar-refractivity contribution in [2.75, 3.05) is 25.0 Å². The maximum Gasteiger partial charge on any atom is 0.511 e. The van der Waals surface area contributed by atoms with Crippen LogP contribution in [0.2, 0.25) is 0 Å². The number of aliphatic imine (C=N–C) groups is 1. The van der Waals surface area contributed by atoms with Gasteiger partial charge in [-0.2, -0.15) is 17.5 Å². The molecule has 0 bridgehead atoms. The lowest BCUT2D eigenvalue weighted by molar-refractivity contribution is -0.0496. The topological polar surface area (TPSA) is 87.8 Å². The van der Waals surface area contributed by atoms with Crippen molar-refractivity contribution in [3.63, 3.8) is 0 Å². The number of anilines is 1. The van der Waals surface area contributed by atoms with E-state index in [4.69, 9.17) is 5.73 Å². The molecule has 0 spiro atoms. The van der Waals surface area contributed by atoms with E-state index < -0.39 is 15.5 Å². The summed E-state index contributed by atoms with van der Waals surface area (Å²) in [4.78, 5) is 4.17. The minimum Gasteiger partial charge on any atom is -0.370 e. The van der Waals surface area contributed by atoms with Gasteiger partial charge < -0.3 is 11.1 Å². The summed E-state index contributed by atoms with van der Waals surface area (Å²) >= 11 is 0. The van der Waals surface area contributed by atoms with E-state index in [2.05, 4.69) is 10.3 Å². The molecule has 1 fully saturated rings. The fourth-order valence-electron chi connectivity index (χ4n) is 2.41. The predicted octanol–water partition coefficient (Wildman–Crippen LogP) is 1.97. The number of benzene rings is 1. The first kappa shape index (κ1) is 18.5. The average molecular weight is 364 g/mol. The number of nitrogens with two attached hydrogens (primary N) is 1. The second-order valence-electron chi connectivity index (χ2n) is 5.51. The summed E-state index contributed by atoms with van der Waals surface area (Å²) in [6, 6.07) is 9.19. The molecule has 6 nitrogen and oxygen atoms in total. The molecule has 1 aromatic rings. The zero-order valence-corrected chi connectivity index (χ0v) is 13.6. The molecule has 10 heteroatoms. The van der Waals surface area contributed by atoms with Crippen molar-refractivity contribution >= 4 is 21.7 Å². The lowest BCUT2D eigenvalue weighted by Gasteiger charge is -2.30. The van der Waals surface area contributed by atoms with Gasteiger partial charge in [0.25, 0.3) is 0 Å². The van der Waals surface area contributed by atoms with Crippen LogP contribution in [-0.2, 0) is 10.0 Å². The summed E-state index contributed by atoms with van der Waals surface area (Å²) in [7, 11) is -5.23. The second-order valence-corrected chi connectivity index (χ2v) is 7.44. The number of hydrogen-bond donors (Lipinski definition) is 2. The molecule has 0 atom stereocenters. The van der Waals surface area contributed by atoms with Crippen molar-refractivity contribution in [3.8, 4) is 0 Å². The van der Waals surface area contributed by atoms with Crippen molar-refractivity contribution in [1.29, 1.82) is 0 Å². The Morgan fingerprint density at radius 2 is 1.83 bits per heavy atom. The molecule has 1 saturated heterocycles. The molecule has 0 aliphatic carbocycles. The van der Waals surface area contributed by atoms with Crippen LogP contribution in [0.4, 0.5) is 18.9 Å². The number of guanidine groups is 1. The number of alkyl halides is 3. The number of piperidine rings is 1. The van der Waals surface area contributed by atoms with E-state index in [0.717, 1.165) is 5.69 Å². The quantitative estimate of drug-likeness (QED) is 0.632. The molecule has 1 aliphatic heterocycles. The first-order valence-corrected chi connectivity index (χ1v) is 8.82. The van der Waals surface area contributed by atoms with Gasteiger partial charge in [-0.25, -0.2) is 8.42 Å². The van der Waals surface area contributed by atoms with Gasteiger partial charge in [0.05, 0.1) is 0 Å². The lowest BCUT2D eigenvalue weighted by atomic mass is 9.98. The highest BCUT2D eigenvalue weighted by atomic mass is 32.2. The van der Waals surface area contributed by atoms with Gasteiger partial charge in [0.2, 0.25) is 0 Å². The highest BCUT2D eigenvalue weighted by molar-refractivity contribution is 7.90. The SMILES string of the molecule is NC(=NCC1CCN(S(=O)(=O)C(F)(F)F)CC1)Nc1ccccc1. The molecule has 0 unspecified atom stereocenters. The zero-order valence-electron chi connectivity index (χ0n) is 12.8. The van der Waals surface area contributed by atoms with Crippen LogP contribution in [0.25, 0.3) is 0 Å². The molecule has 1 aliphatic rings. The first-order chi connectivity index (χ1) is 11.2. The van der Waals surface area contributed by atoms with Gasteiger partial charge in [0, 0.05) is 25.3 Å². The molecule has 0 amide bonds. The maximum atomic E-state index is 12.5. The molecule has 0 radical (unpaired) electrons. The van der Waals surface area contributed by atoms with E-state index in [-0.39, 0.29) is 25.0 Å². The third kappa shape index (κ3) is 4.60. The molecule has 2 rings (SSSR count). The van der Waals surface area contributed by atoms with Crippen LogP contribution in [0.1, 0.15) is 12.8 Å². The Morgan fingerprint density at radius 3 is 2.38 bits per heavy atom. The van der Waals surface area contributed by atoms with Gasteiger partial charge in [0.1, 0.15) is 0 Å². The van der Waals surface area contributed by atoms with Gasteiger partial charge in [-0.05, 0) is 30.9 Å². The van der Waals surface area contributed by atoms with E-state index in [9.17, 15) is 21.6 Å². The van der Waals surface area contributed by atoms with Gasteiger partial charge in [-0.15, -0.1) is 0 Å². The Hall–Kier alpha value is -1.81. The summed E-state index contributed by atoms with van der Waals surface area (Å²) in [5.74, 6) is 0.215. The van der Waals surface area contributed by atoms with Gasteiger partial charge in [-0.3, -0.25) is 4.99 Å². The van der Waals surface area contributed by atoms with Crippen LogP contribution >= 0.6 is 0 Å². The fraction of sp³-hybridized carbons (Fsp3) is 0.500. The smallest absolute Gasteiger partial charge is 0.370 e. The summed E-state index contributed by atoms with van der Waals surface area (Å²) in [5.41, 5.74) is 1.29. The molecule has 1 aromatic carbocycles. The Bertz CT molecular complexity index is 669. The van der Waals surface area contributed by atoms with Crippen LogP contribution in [0.15, 0.2) is 35.3 Å². The number of rotatable bonds is 4. The minimum atomic E-state index is -5.25. The maximum absolute atomic E-state index is 12.5. The monoisotopic (exact) mass is 364 g/mol. The van der Waals surface area contributed by atoms with E-state index in [1.165, 1.54) is 0 Å². The van der Waals surface area contributed by atoms with Crippen LogP contribution in [-0.4, -0.2) is 43.8 Å². The third-order valence-electron chi connectivity index (χ3n) is 3.77. The standard InChI is InChI=1S/C14H19F3N4O2S/c15-14(16,17)24(22,23)21-8-6-11(7-9-21)10-19-13(18)20-12-4-2-1-3-5-12/h1-5,11H,6-10H2,(H3,18,19,20). The number of para-hydroxylation sites is 1. The number of hydrogen-bond acceptors (Lipinski definition) is 3. The molecule has 24 heavy (non-hydrogen) atoms. The van der Waals surface area contributed by atoms with Crippen molar-refractivity contribution in [1.82, 2.24) is 4.31 Å². The molecule has 3 N–H and O–H groups in total. The Kier molecular flexibility index (Phi) is 5.70. The first-order valence-electron chi connectivity index (χ1n) is 7.38. The highest BCUT2D eigenvalue weighted by Crippen LogP contribution is 2.30. The molecular formula is C14H19F3N4O2S. The fourth-order valence-corrected chi connectivity index (χ4v) is 3.40. The second kappa shape index (κ2) is 7.39. The Labute approximate surface area is 138 Å². The van der Waals surface area contributed by atoms with Crippen molar-refractivity contribution in [2.24, 2.45) is 16.6 Å². The summed E-state index contributed by atoms with van der Waals surface area (Å²) in [6.45, 7) is 0.0215. The summed E-state index contributed by atoms with van der Waals surface area (Å²) in [5, 5.41) is 2.91. The number of halogens is 3. The van der Waals surface area contributed by atoms with Crippen LogP contribution in [0, 0.1) is 5.92 Å². The largest absolute Gasteiger partial charge is 0.511 e. The Morgan fingerprint density at radius 1 is 1.25 bits per heavy atom. The van der Waals surface area contributed by atoms with Crippen LogP contribution in [0.3, 0.4) is 0 Å². The summed E-state index contributed by atoms with van der Waals surface area (Å²) in [6.07, 6.45) is 0.634. The van der Waals surface area contributed by atoms with Crippen LogP contribution in [0.5, 0.6) is 0 Å². The Balaban J connectivity index is 1.84. The summed E-state index contributed by atoms with van der Waals surface area (Å²) < 4.78 is 60.6. The van der Waals surface area contributed by atoms with E-state index in [0.29, 0.717) is 23.7 Å². The van der Waals surface area contributed by atoms with Gasteiger partial charge >= 0.3 is 15.5 Å². The van der Waals surface area contributed by atoms with Gasteiger partial charge in [0.15, 0.2) is 5.96 Å². The number of nitrogens with one attached hydrogen (secondary N) is 1. The number of nitrogens with zero attached hydrogens (tertiary/aromatic N) is 2. The average Bonchev–Trinajstić information content (AvgIpc) is 2.53. The van der Waals surface area contributed by atoms with E-state index in [1.807, 2.05) is 30.3 Å². The molecule has 134 valence electrons. The van der Waals surface area contributed by atoms with Crippen molar-refractivity contribution in [3.05, 3.63) is 30.3 Å². The van der Waals surface area contributed by atoms with Crippen LogP contribution < -0.4 is 11.1 Å². The molecule has 1 heterocycles. The number of sulfonamides is 1. The predicted molar refractivity (Wildman–Crippen MR) is 85.8 cm³/mol. The van der Waals surface area contributed by atoms with E-state index in [1.54, 1.807) is 0 Å². The lowest BCUT2D eigenvalue weighted by Crippen LogP contribution is -2.45. The van der Waals surface area contributed by atoms with Crippen molar-refractivity contribution < 1.29 is 21.6 Å². The van der Waals surface area contributed by atoms with E-state index >= 15 is 0 Å². The highest BCUT2D eigenvalue weighted by Gasteiger charge is 2.50. The van der Waals surface area contributed by atoms with Gasteiger partial charge in [-0.1, -0.05) is 18.2 Å². The van der Waals surface area contributed by atoms with Crippen molar-refractivity contribution in [2.45, 2.75) is 18.3 Å². The third-order valence-corrected chi connectivity index (χ3v) is 5.40.